The molecule has 1 atom stereocenters. The van der Waals surface area contributed by atoms with E-state index in [4.69, 9.17) is 14.2 Å². The Hall–Kier alpha value is -3.42. The molecule has 8 heteroatoms. The van der Waals surface area contributed by atoms with Crippen LogP contribution in [-0.4, -0.2) is 51.4 Å². The quantitative estimate of drug-likeness (QED) is 0.760. The van der Waals surface area contributed by atoms with Crippen molar-refractivity contribution in [2.24, 2.45) is 0 Å². The highest BCUT2D eigenvalue weighted by molar-refractivity contribution is 5.97. The highest BCUT2D eigenvalue weighted by Crippen LogP contribution is 2.35. The number of rotatable bonds is 6. The van der Waals surface area contributed by atoms with Crippen molar-refractivity contribution in [2.45, 2.75) is 18.9 Å². The number of nitrogens with zero attached hydrogens (tertiary/aromatic N) is 1. The molecular weight excluding hydrogens is 386 g/mol. The van der Waals surface area contributed by atoms with E-state index in [1.807, 2.05) is 42.5 Å². The summed E-state index contributed by atoms with van der Waals surface area (Å²) in [6.07, 6.45) is 0.915. The number of fused-ring (bicyclic) bond motifs is 1. The van der Waals surface area contributed by atoms with Gasteiger partial charge in [-0.3, -0.25) is 4.79 Å². The van der Waals surface area contributed by atoms with Gasteiger partial charge in [0.1, 0.15) is 19.0 Å². The fourth-order valence-corrected chi connectivity index (χ4v) is 3.71. The first-order valence-electron chi connectivity index (χ1n) is 10.0. The van der Waals surface area contributed by atoms with E-state index in [1.165, 1.54) is 0 Å². The van der Waals surface area contributed by atoms with Crippen LogP contribution < -0.4 is 29.7 Å². The molecule has 2 aromatic carbocycles. The second kappa shape index (κ2) is 8.94. The molecule has 30 heavy (non-hydrogen) atoms. The van der Waals surface area contributed by atoms with Gasteiger partial charge in [-0.15, -0.1) is 0 Å². The van der Waals surface area contributed by atoms with Crippen molar-refractivity contribution in [3.63, 3.8) is 0 Å². The fourth-order valence-electron chi connectivity index (χ4n) is 3.71. The first-order chi connectivity index (χ1) is 14.6. The molecular formula is C22H25N3O5. The van der Waals surface area contributed by atoms with E-state index in [0.717, 1.165) is 17.0 Å². The van der Waals surface area contributed by atoms with Crippen LogP contribution in [0, 0.1) is 0 Å². The maximum atomic E-state index is 12.5. The number of benzene rings is 2. The number of nitrogens with one attached hydrogen (secondary N) is 2. The third-order valence-corrected chi connectivity index (χ3v) is 5.17. The number of para-hydroxylation sites is 1. The van der Waals surface area contributed by atoms with Gasteiger partial charge in [-0.25, -0.2) is 4.79 Å². The number of ether oxygens (including phenoxy) is 3. The Balaban J connectivity index is 1.28. The molecule has 0 spiro atoms. The molecule has 2 aliphatic rings. The van der Waals surface area contributed by atoms with Crippen LogP contribution in [0.15, 0.2) is 42.5 Å². The minimum Gasteiger partial charge on any atom is -0.496 e. The predicted molar refractivity (Wildman–Crippen MR) is 111 cm³/mol. The molecule has 0 radical (unpaired) electrons. The molecule has 2 aromatic rings. The largest absolute Gasteiger partial charge is 0.496 e. The van der Waals surface area contributed by atoms with Crippen molar-refractivity contribution in [2.75, 3.05) is 38.3 Å². The normalized spacial score (nSPS) is 17.6. The fraction of sp³-hybridized carbons (Fsp3) is 0.364. The Bertz CT molecular complexity index is 933. The summed E-state index contributed by atoms with van der Waals surface area (Å²) >= 11 is 0. The van der Waals surface area contributed by atoms with Crippen LogP contribution in [0.5, 0.6) is 17.2 Å². The lowest BCUT2D eigenvalue weighted by Crippen LogP contribution is -2.44. The number of hydrogen-bond acceptors (Lipinski definition) is 5. The topological polar surface area (TPSA) is 89.1 Å². The van der Waals surface area contributed by atoms with Gasteiger partial charge < -0.3 is 29.7 Å². The first-order valence-corrected chi connectivity index (χ1v) is 10.0. The number of amides is 3. The minimum absolute atomic E-state index is 0.0361. The molecule has 8 nitrogen and oxygen atoms in total. The highest BCUT2D eigenvalue weighted by Gasteiger charge is 2.32. The van der Waals surface area contributed by atoms with Gasteiger partial charge in [0.2, 0.25) is 5.91 Å². The van der Waals surface area contributed by atoms with Gasteiger partial charge in [-0.05, 0) is 30.2 Å². The van der Waals surface area contributed by atoms with Crippen molar-refractivity contribution >= 4 is 17.6 Å². The van der Waals surface area contributed by atoms with Gasteiger partial charge in [0, 0.05) is 31.3 Å². The van der Waals surface area contributed by atoms with E-state index in [2.05, 4.69) is 10.6 Å². The van der Waals surface area contributed by atoms with Gasteiger partial charge in [-0.1, -0.05) is 18.2 Å². The molecule has 2 N–H and O–H groups in total. The van der Waals surface area contributed by atoms with Crippen LogP contribution in [0.3, 0.4) is 0 Å². The van der Waals surface area contributed by atoms with Gasteiger partial charge in [-0.2, -0.15) is 0 Å². The lowest BCUT2D eigenvalue weighted by atomic mass is 10.1. The molecule has 1 unspecified atom stereocenters. The summed E-state index contributed by atoms with van der Waals surface area (Å²) in [5.41, 5.74) is 1.77. The van der Waals surface area contributed by atoms with E-state index in [0.29, 0.717) is 44.2 Å². The Kier molecular flexibility index (Phi) is 5.92. The maximum absolute atomic E-state index is 12.5. The molecule has 0 aromatic heterocycles. The zero-order valence-electron chi connectivity index (χ0n) is 16.8. The van der Waals surface area contributed by atoms with Crippen molar-refractivity contribution in [3.8, 4) is 17.2 Å². The molecule has 4 rings (SSSR count). The van der Waals surface area contributed by atoms with Crippen LogP contribution in [-0.2, 0) is 11.2 Å². The number of hydrogen-bond donors (Lipinski definition) is 2. The Morgan fingerprint density at radius 2 is 1.97 bits per heavy atom. The second-order valence-electron chi connectivity index (χ2n) is 7.20. The monoisotopic (exact) mass is 411 g/mol. The molecule has 1 saturated heterocycles. The van der Waals surface area contributed by atoms with Gasteiger partial charge in [0.25, 0.3) is 0 Å². The molecule has 2 aliphatic heterocycles. The number of carbonyl (C=O) groups is 2. The Labute approximate surface area is 175 Å². The average molecular weight is 411 g/mol. The van der Waals surface area contributed by atoms with E-state index in [-0.39, 0.29) is 24.4 Å². The maximum Gasteiger partial charge on any atom is 0.315 e. The zero-order chi connectivity index (χ0) is 20.9. The molecule has 158 valence electrons. The summed E-state index contributed by atoms with van der Waals surface area (Å²) in [4.78, 5) is 26.4. The third kappa shape index (κ3) is 4.42. The molecule has 0 bridgehead atoms. The molecule has 0 saturated carbocycles. The van der Waals surface area contributed by atoms with Crippen molar-refractivity contribution in [1.29, 1.82) is 0 Å². The van der Waals surface area contributed by atoms with Crippen molar-refractivity contribution < 1.29 is 23.8 Å². The van der Waals surface area contributed by atoms with Crippen LogP contribution in [0.25, 0.3) is 0 Å². The zero-order valence-corrected chi connectivity index (χ0v) is 16.8. The SMILES string of the molecule is COc1ccccc1CCNC(=O)NC1CC(=O)N(c2ccc3c(c2)OCCO3)C1. The number of anilines is 1. The summed E-state index contributed by atoms with van der Waals surface area (Å²) in [6, 6.07) is 12.6. The Morgan fingerprint density at radius 3 is 2.80 bits per heavy atom. The van der Waals surface area contributed by atoms with Gasteiger partial charge in [0.15, 0.2) is 11.5 Å². The molecule has 2 heterocycles. The van der Waals surface area contributed by atoms with Gasteiger partial charge >= 0.3 is 6.03 Å². The first kappa shape index (κ1) is 19.9. The van der Waals surface area contributed by atoms with E-state index >= 15 is 0 Å². The lowest BCUT2D eigenvalue weighted by molar-refractivity contribution is -0.117. The average Bonchev–Trinajstić information content (AvgIpc) is 3.13. The van der Waals surface area contributed by atoms with Crippen LogP contribution in [0.4, 0.5) is 10.5 Å². The number of carbonyl (C=O) groups excluding carboxylic acids is 2. The standard InChI is InChI=1S/C22H25N3O5/c1-28-18-5-3-2-4-15(18)8-9-23-22(27)24-16-12-21(26)25(14-16)17-6-7-19-20(13-17)30-11-10-29-19/h2-7,13,16H,8-12,14H2,1H3,(H2,23,24,27). The predicted octanol–water partition coefficient (Wildman–Crippen LogP) is 2.11. The lowest BCUT2D eigenvalue weighted by Gasteiger charge is -2.22. The molecule has 3 amide bonds. The summed E-state index contributed by atoms with van der Waals surface area (Å²) in [6.45, 7) is 1.90. The van der Waals surface area contributed by atoms with E-state index in [9.17, 15) is 9.59 Å². The molecule has 0 aliphatic carbocycles. The van der Waals surface area contributed by atoms with Crippen LogP contribution in [0.2, 0.25) is 0 Å². The highest BCUT2D eigenvalue weighted by atomic mass is 16.6. The summed E-state index contributed by atoms with van der Waals surface area (Å²) in [5, 5.41) is 5.73. The Morgan fingerprint density at radius 1 is 1.17 bits per heavy atom. The smallest absolute Gasteiger partial charge is 0.315 e. The van der Waals surface area contributed by atoms with Crippen LogP contribution >= 0.6 is 0 Å². The number of urea groups is 1. The van der Waals surface area contributed by atoms with Crippen molar-refractivity contribution in [3.05, 3.63) is 48.0 Å². The van der Waals surface area contributed by atoms with Crippen LogP contribution in [0.1, 0.15) is 12.0 Å². The molecule has 1 fully saturated rings. The van der Waals surface area contributed by atoms with E-state index < -0.39 is 0 Å². The van der Waals surface area contributed by atoms with Crippen molar-refractivity contribution in [1.82, 2.24) is 10.6 Å². The summed E-state index contributed by atoms with van der Waals surface area (Å²) < 4.78 is 16.4. The van der Waals surface area contributed by atoms with Gasteiger partial charge in [0.05, 0.1) is 13.2 Å². The number of methoxy groups -OCH3 is 1. The summed E-state index contributed by atoms with van der Waals surface area (Å²) in [5.74, 6) is 2.08. The third-order valence-electron chi connectivity index (χ3n) is 5.17. The summed E-state index contributed by atoms with van der Waals surface area (Å²) in [7, 11) is 1.63. The second-order valence-corrected chi connectivity index (χ2v) is 7.20. The van der Waals surface area contributed by atoms with E-state index in [1.54, 1.807) is 12.0 Å². The minimum atomic E-state index is -0.285.